The van der Waals surface area contributed by atoms with Crippen molar-refractivity contribution < 1.29 is 4.79 Å². The smallest absolute Gasteiger partial charge is 0.308 e. The first-order valence-electron chi connectivity index (χ1n) is 8.23. The van der Waals surface area contributed by atoms with Crippen LogP contribution in [0, 0.1) is 0 Å². The summed E-state index contributed by atoms with van der Waals surface area (Å²) in [7, 11) is 0. The quantitative estimate of drug-likeness (QED) is 0.576. The lowest BCUT2D eigenvalue weighted by atomic mass is 10.2. The van der Waals surface area contributed by atoms with E-state index in [2.05, 4.69) is 5.32 Å². The second kappa shape index (κ2) is 7.86. The second-order valence-corrected chi connectivity index (χ2v) is 9.06. The number of fused-ring (bicyclic) bond motifs is 1. The Kier molecular flexibility index (Phi) is 5.75. The van der Waals surface area contributed by atoms with Crippen molar-refractivity contribution in [3.05, 3.63) is 57.2 Å². The molecule has 4 nitrogen and oxygen atoms in total. The molecule has 2 aromatic carbocycles. The zero-order valence-electron chi connectivity index (χ0n) is 14.7. The Balaban J connectivity index is 1.74. The van der Waals surface area contributed by atoms with E-state index in [0.717, 1.165) is 15.1 Å². The number of thiazole rings is 1. The summed E-state index contributed by atoms with van der Waals surface area (Å²) in [5.74, 6) is -0.0834. The Morgan fingerprint density at radius 3 is 2.50 bits per heavy atom. The number of amides is 1. The highest BCUT2D eigenvalue weighted by molar-refractivity contribution is 8.00. The van der Waals surface area contributed by atoms with Gasteiger partial charge in [-0.3, -0.25) is 14.2 Å². The second-order valence-electron chi connectivity index (χ2n) is 6.22. The van der Waals surface area contributed by atoms with Crippen LogP contribution in [0.3, 0.4) is 0 Å². The molecule has 136 valence electrons. The molecule has 0 bridgehead atoms. The number of benzene rings is 2. The number of aromatic nitrogens is 1. The summed E-state index contributed by atoms with van der Waals surface area (Å²) >= 11 is 8.56. The third-order valence-electron chi connectivity index (χ3n) is 3.89. The number of anilines is 1. The topological polar surface area (TPSA) is 51.1 Å². The Morgan fingerprint density at radius 1 is 1.15 bits per heavy atom. The van der Waals surface area contributed by atoms with Gasteiger partial charge in [-0.15, -0.1) is 11.8 Å². The number of halogens is 1. The number of hydrogen-bond acceptors (Lipinski definition) is 4. The molecule has 1 N–H and O–H groups in total. The van der Waals surface area contributed by atoms with Gasteiger partial charge in [0.2, 0.25) is 5.91 Å². The predicted molar refractivity (Wildman–Crippen MR) is 112 cm³/mol. The van der Waals surface area contributed by atoms with Crippen LogP contribution in [0.2, 0.25) is 5.02 Å². The molecule has 0 fully saturated rings. The van der Waals surface area contributed by atoms with E-state index < -0.39 is 0 Å². The van der Waals surface area contributed by atoms with Crippen molar-refractivity contribution in [3.8, 4) is 0 Å². The van der Waals surface area contributed by atoms with E-state index in [0.29, 0.717) is 10.7 Å². The minimum Gasteiger partial charge on any atom is -0.325 e. The molecule has 7 heteroatoms. The first kappa shape index (κ1) is 19.0. The lowest BCUT2D eigenvalue weighted by Crippen LogP contribution is -2.22. The standard InChI is InChI=1S/C19H19ClN2O2S2/c1-11(2)22-16-9-6-14(10-17(16)26-19(22)24)21-18(23)12(3)25-15-7-4-13(20)5-8-15/h4-12H,1-3H3,(H,21,23)/t12-/m1/s1. The number of thioether (sulfide) groups is 1. The van der Waals surface area contributed by atoms with Crippen LogP contribution in [-0.2, 0) is 4.79 Å². The monoisotopic (exact) mass is 406 g/mol. The molecular formula is C19H19ClN2O2S2. The molecular weight excluding hydrogens is 388 g/mol. The molecule has 0 aliphatic rings. The summed E-state index contributed by atoms with van der Waals surface area (Å²) in [4.78, 5) is 25.6. The highest BCUT2D eigenvalue weighted by atomic mass is 35.5. The van der Waals surface area contributed by atoms with Gasteiger partial charge in [0.05, 0.1) is 15.5 Å². The summed E-state index contributed by atoms with van der Waals surface area (Å²) in [5, 5.41) is 3.35. The number of nitrogens with zero attached hydrogens (tertiary/aromatic N) is 1. The minimum absolute atomic E-state index is 0.0186. The molecule has 0 saturated carbocycles. The van der Waals surface area contributed by atoms with Crippen LogP contribution < -0.4 is 10.2 Å². The molecule has 0 radical (unpaired) electrons. The summed E-state index contributed by atoms with van der Waals surface area (Å²) in [6.07, 6.45) is 0. The van der Waals surface area contributed by atoms with Crippen LogP contribution in [0.5, 0.6) is 0 Å². The van der Waals surface area contributed by atoms with Crippen LogP contribution in [0.4, 0.5) is 5.69 Å². The number of hydrogen-bond donors (Lipinski definition) is 1. The first-order chi connectivity index (χ1) is 12.3. The Hall–Kier alpha value is -1.76. The van der Waals surface area contributed by atoms with E-state index in [4.69, 9.17) is 11.6 Å². The maximum absolute atomic E-state index is 12.5. The maximum Gasteiger partial charge on any atom is 0.308 e. The lowest BCUT2D eigenvalue weighted by Gasteiger charge is -2.12. The van der Waals surface area contributed by atoms with Crippen LogP contribution >= 0.6 is 34.7 Å². The van der Waals surface area contributed by atoms with Crippen molar-refractivity contribution in [2.45, 2.75) is 37.0 Å². The van der Waals surface area contributed by atoms with Gasteiger partial charge < -0.3 is 5.32 Å². The Bertz CT molecular complexity index is 993. The zero-order valence-corrected chi connectivity index (χ0v) is 17.0. The third-order valence-corrected chi connectivity index (χ3v) is 6.18. The van der Waals surface area contributed by atoms with Crippen molar-refractivity contribution in [2.24, 2.45) is 0 Å². The highest BCUT2D eigenvalue weighted by Crippen LogP contribution is 2.27. The molecule has 0 unspecified atom stereocenters. The molecule has 1 amide bonds. The van der Waals surface area contributed by atoms with Gasteiger partial charge in [-0.2, -0.15) is 0 Å². The molecule has 1 atom stereocenters. The highest BCUT2D eigenvalue weighted by Gasteiger charge is 2.16. The largest absolute Gasteiger partial charge is 0.325 e. The minimum atomic E-state index is -0.258. The zero-order chi connectivity index (χ0) is 18.8. The normalized spacial score (nSPS) is 12.5. The van der Waals surface area contributed by atoms with Gasteiger partial charge in [-0.1, -0.05) is 22.9 Å². The van der Waals surface area contributed by atoms with Crippen molar-refractivity contribution in [1.82, 2.24) is 4.57 Å². The molecule has 0 saturated heterocycles. The van der Waals surface area contributed by atoms with E-state index in [1.807, 2.05) is 63.2 Å². The van der Waals surface area contributed by atoms with Gasteiger partial charge in [0.15, 0.2) is 0 Å². The fraction of sp³-hybridized carbons (Fsp3) is 0.263. The van der Waals surface area contributed by atoms with Crippen LogP contribution in [0.1, 0.15) is 26.8 Å². The first-order valence-corrected chi connectivity index (χ1v) is 10.3. The van der Waals surface area contributed by atoms with Gasteiger partial charge >= 0.3 is 4.87 Å². The van der Waals surface area contributed by atoms with Gasteiger partial charge in [-0.25, -0.2) is 0 Å². The van der Waals surface area contributed by atoms with E-state index in [1.165, 1.54) is 23.1 Å². The van der Waals surface area contributed by atoms with Gasteiger partial charge in [0, 0.05) is 21.6 Å². The molecule has 0 aliphatic heterocycles. The molecule has 0 spiro atoms. The van der Waals surface area contributed by atoms with E-state index in [1.54, 1.807) is 4.57 Å². The van der Waals surface area contributed by atoms with Crippen LogP contribution in [0.15, 0.2) is 52.2 Å². The number of nitrogens with one attached hydrogen (secondary N) is 1. The molecule has 26 heavy (non-hydrogen) atoms. The molecule has 3 rings (SSSR count). The average molecular weight is 407 g/mol. The fourth-order valence-corrected chi connectivity index (χ4v) is 4.66. The van der Waals surface area contributed by atoms with Gasteiger partial charge in [-0.05, 0) is 63.2 Å². The van der Waals surface area contributed by atoms with E-state index in [9.17, 15) is 9.59 Å². The molecule has 1 aromatic heterocycles. The van der Waals surface area contributed by atoms with Crippen molar-refractivity contribution in [3.63, 3.8) is 0 Å². The number of rotatable bonds is 5. The lowest BCUT2D eigenvalue weighted by molar-refractivity contribution is -0.115. The predicted octanol–water partition coefficient (Wildman–Crippen LogP) is 5.42. The average Bonchev–Trinajstić information content (AvgIpc) is 2.92. The number of carbonyl (C=O) groups is 1. The van der Waals surface area contributed by atoms with Crippen molar-refractivity contribution in [1.29, 1.82) is 0 Å². The summed E-state index contributed by atoms with van der Waals surface area (Å²) < 4.78 is 2.64. The Morgan fingerprint density at radius 2 is 1.85 bits per heavy atom. The molecule has 0 aliphatic carbocycles. The summed E-state index contributed by atoms with van der Waals surface area (Å²) in [6, 6.07) is 13.1. The van der Waals surface area contributed by atoms with E-state index in [-0.39, 0.29) is 22.1 Å². The van der Waals surface area contributed by atoms with Crippen molar-refractivity contribution >= 4 is 56.5 Å². The maximum atomic E-state index is 12.5. The molecule has 3 aromatic rings. The van der Waals surface area contributed by atoms with Gasteiger partial charge in [0.1, 0.15) is 0 Å². The third kappa shape index (κ3) is 4.14. The fourth-order valence-electron chi connectivity index (χ4n) is 2.62. The van der Waals surface area contributed by atoms with E-state index >= 15 is 0 Å². The van der Waals surface area contributed by atoms with Crippen LogP contribution in [-0.4, -0.2) is 15.7 Å². The molecule has 1 heterocycles. The SMILES string of the molecule is CC(C)n1c(=O)sc2cc(NC(=O)[C@@H](C)Sc3ccc(Cl)cc3)ccc21. The summed E-state index contributed by atoms with van der Waals surface area (Å²) in [6.45, 7) is 5.83. The Labute approximate surface area is 165 Å². The number of carbonyl (C=O) groups excluding carboxylic acids is 1. The summed E-state index contributed by atoms with van der Waals surface area (Å²) in [5.41, 5.74) is 1.60. The van der Waals surface area contributed by atoms with Gasteiger partial charge in [0.25, 0.3) is 0 Å². The van der Waals surface area contributed by atoms with Crippen LogP contribution in [0.25, 0.3) is 10.2 Å². The van der Waals surface area contributed by atoms with Crippen molar-refractivity contribution in [2.75, 3.05) is 5.32 Å².